The van der Waals surface area contributed by atoms with Gasteiger partial charge in [-0.1, -0.05) is 16.8 Å². The topological polar surface area (TPSA) is 84.2 Å². The number of nitrogens with one attached hydrogen (secondary N) is 2. The van der Waals surface area contributed by atoms with Crippen LogP contribution in [0.4, 0.5) is 18.9 Å². The summed E-state index contributed by atoms with van der Waals surface area (Å²) in [7, 11) is 0. The molecule has 0 aliphatic heterocycles. The predicted molar refractivity (Wildman–Crippen MR) is 83.0 cm³/mol. The van der Waals surface area contributed by atoms with Gasteiger partial charge in [0.1, 0.15) is 5.76 Å². The van der Waals surface area contributed by atoms with Crippen molar-refractivity contribution in [1.82, 2.24) is 10.5 Å². The highest BCUT2D eigenvalue weighted by atomic mass is 35.5. The zero-order valence-electron chi connectivity index (χ0n) is 12.9. The highest BCUT2D eigenvalue weighted by Crippen LogP contribution is 2.36. The third-order valence-corrected chi connectivity index (χ3v) is 3.35. The molecule has 10 heteroatoms. The molecule has 0 saturated heterocycles. The Hall–Kier alpha value is -2.55. The van der Waals surface area contributed by atoms with Gasteiger partial charge in [-0.2, -0.15) is 13.2 Å². The number of carbonyl (C=O) groups excluding carboxylic acids is 2. The zero-order chi connectivity index (χ0) is 18.6. The summed E-state index contributed by atoms with van der Waals surface area (Å²) in [4.78, 5) is 23.4. The lowest BCUT2D eigenvalue weighted by molar-refractivity contribution is -0.137. The molecule has 6 nitrogen and oxygen atoms in total. The fourth-order valence-corrected chi connectivity index (χ4v) is 2.16. The maximum atomic E-state index is 12.8. The fraction of sp³-hybridized carbons (Fsp3) is 0.267. The molecule has 0 aliphatic rings. The van der Waals surface area contributed by atoms with E-state index in [0.717, 1.165) is 12.1 Å². The Morgan fingerprint density at radius 2 is 1.96 bits per heavy atom. The summed E-state index contributed by atoms with van der Waals surface area (Å²) in [6, 6.07) is 4.56. The largest absolute Gasteiger partial charge is 0.417 e. The van der Waals surface area contributed by atoms with E-state index in [4.69, 9.17) is 16.1 Å². The quantitative estimate of drug-likeness (QED) is 0.841. The van der Waals surface area contributed by atoms with E-state index < -0.39 is 35.1 Å². The molecule has 1 aromatic carbocycles. The molecule has 0 fully saturated rings. The first-order valence-electron chi connectivity index (χ1n) is 7.00. The van der Waals surface area contributed by atoms with Crippen molar-refractivity contribution in [2.45, 2.75) is 19.5 Å². The van der Waals surface area contributed by atoms with Crippen molar-refractivity contribution in [3.8, 4) is 0 Å². The monoisotopic (exact) mass is 375 g/mol. The van der Waals surface area contributed by atoms with Gasteiger partial charge in [-0.05, 0) is 25.1 Å². The van der Waals surface area contributed by atoms with E-state index in [9.17, 15) is 22.8 Å². The molecule has 0 atom stereocenters. The molecule has 134 valence electrons. The number of amides is 2. The number of rotatable bonds is 5. The highest BCUT2D eigenvalue weighted by Gasteiger charge is 2.33. The average Bonchev–Trinajstić information content (AvgIpc) is 2.91. The van der Waals surface area contributed by atoms with Crippen molar-refractivity contribution >= 4 is 29.1 Å². The Bertz CT molecular complexity index is 790. The van der Waals surface area contributed by atoms with Gasteiger partial charge in [0.05, 0.1) is 29.2 Å². The maximum Gasteiger partial charge on any atom is 0.417 e. The van der Waals surface area contributed by atoms with E-state index in [1.54, 1.807) is 13.0 Å². The third kappa shape index (κ3) is 5.49. The molecule has 2 rings (SSSR count). The van der Waals surface area contributed by atoms with Crippen LogP contribution in [0.3, 0.4) is 0 Å². The molecule has 1 heterocycles. The summed E-state index contributed by atoms with van der Waals surface area (Å²) in [6.07, 6.45) is -4.72. The summed E-state index contributed by atoms with van der Waals surface area (Å²) >= 11 is 5.50. The van der Waals surface area contributed by atoms with Crippen molar-refractivity contribution in [1.29, 1.82) is 0 Å². The molecule has 0 spiro atoms. The van der Waals surface area contributed by atoms with Crippen LogP contribution in [-0.2, 0) is 22.2 Å². The van der Waals surface area contributed by atoms with E-state index >= 15 is 0 Å². The molecule has 0 bridgehead atoms. The van der Waals surface area contributed by atoms with Crippen LogP contribution in [-0.4, -0.2) is 23.5 Å². The smallest absolute Gasteiger partial charge is 0.361 e. The second-order valence-electron chi connectivity index (χ2n) is 5.12. The zero-order valence-corrected chi connectivity index (χ0v) is 13.7. The molecule has 0 radical (unpaired) electrons. The van der Waals surface area contributed by atoms with Gasteiger partial charge in [0.2, 0.25) is 11.8 Å². The van der Waals surface area contributed by atoms with E-state index in [2.05, 4.69) is 15.8 Å². The molecular weight excluding hydrogens is 363 g/mol. The van der Waals surface area contributed by atoms with E-state index in [1.807, 2.05) is 0 Å². The maximum absolute atomic E-state index is 12.8. The van der Waals surface area contributed by atoms with Crippen LogP contribution in [0.1, 0.15) is 17.0 Å². The lowest BCUT2D eigenvalue weighted by atomic mass is 10.2. The first-order chi connectivity index (χ1) is 11.6. The van der Waals surface area contributed by atoms with Gasteiger partial charge in [-0.25, -0.2) is 0 Å². The highest BCUT2D eigenvalue weighted by molar-refractivity contribution is 6.31. The number of alkyl halides is 3. The number of benzene rings is 1. The van der Waals surface area contributed by atoms with E-state index in [0.29, 0.717) is 11.5 Å². The Morgan fingerprint density at radius 1 is 1.24 bits per heavy atom. The number of halogens is 4. The lowest BCUT2D eigenvalue weighted by Gasteiger charge is -2.12. The van der Waals surface area contributed by atoms with Crippen LogP contribution in [0.15, 0.2) is 28.8 Å². The Balaban J connectivity index is 1.89. The summed E-state index contributed by atoms with van der Waals surface area (Å²) in [6.45, 7) is 1.27. The molecule has 0 unspecified atom stereocenters. The Labute approximate surface area is 145 Å². The van der Waals surface area contributed by atoms with Crippen molar-refractivity contribution in [3.05, 3.63) is 46.3 Å². The SMILES string of the molecule is Cc1cc(CC(=O)NCC(=O)Nc2ccc(Cl)c(C(F)(F)F)c2)no1. The van der Waals surface area contributed by atoms with Gasteiger partial charge in [0, 0.05) is 11.8 Å². The summed E-state index contributed by atoms with van der Waals surface area (Å²) in [5, 5.41) is 7.76. The number of hydrogen-bond donors (Lipinski definition) is 2. The molecule has 0 saturated carbocycles. The fourth-order valence-electron chi connectivity index (χ4n) is 1.93. The third-order valence-electron chi connectivity index (χ3n) is 3.02. The molecule has 1 aromatic heterocycles. The van der Waals surface area contributed by atoms with Crippen LogP contribution >= 0.6 is 11.6 Å². The first-order valence-corrected chi connectivity index (χ1v) is 7.38. The second kappa shape index (κ2) is 7.56. The number of aryl methyl sites for hydroxylation is 1. The van der Waals surface area contributed by atoms with Crippen LogP contribution in [0, 0.1) is 6.92 Å². The molecule has 0 aliphatic carbocycles. The van der Waals surface area contributed by atoms with E-state index in [-0.39, 0.29) is 12.1 Å². The number of aromatic nitrogens is 1. The van der Waals surface area contributed by atoms with Gasteiger partial charge in [-0.3, -0.25) is 9.59 Å². The minimum Gasteiger partial charge on any atom is -0.361 e. The molecule has 2 amide bonds. The van der Waals surface area contributed by atoms with E-state index in [1.165, 1.54) is 6.07 Å². The van der Waals surface area contributed by atoms with Crippen molar-refractivity contribution in [2.75, 3.05) is 11.9 Å². The van der Waals surface area contributed by atoms with Crippen molar-refractivity contribution < 1.29 is 27.3 Å². The van der Waals surface area contributed by atoms with Gasteiger partial charge < -0.3 is 15.2 Å². The van der Waals surface area contributed by atoms with Crippen LogP contribution in [0.25, 0.3) is 0 Å². The van der Waals surface area contributed by atoms with Gasteiger partial charge in [0.25, 0.3) is 0 Å². The number of anilines is 1. The van der Waals surface area contributed by atoms with Crippen LogP contribution in [0.5, 0.6) is 0 Å². The van der Waals surface area contributed by atoms with Gasteiger partial charge >= 0.3 is 6.18 Å². The first kappa shape index (κ1) is 18.8. The number of nitrogens with zero attached hydrogens (tertiary/aromatic N) is 1. The normalized spacial score (nSPS) is 11.2. The second-order valence-corrected chi connectivity index (χ2v) is 5.53. The average molecular weight is 376 g/mol. The van der Waals surface area contributed by atoms with Gasteiger partial charge in [-0.15, -0.1) is 0 Å². The van der Waals surface area contributed by atoms with Crippen molar-refractivity contribution in [3.63, 3.8) is 0 Å². The molecule has 25 heavy (non-hydrogen) atoms. The Morgan fingerprint density at radius 3 is 2.56 bits per heavy atom. The van der Waals surface area contributed by atoms with Gasteiger partial charge in [0.15, 0.2) is 0 Å². The molecular formula is C15H13ClF3N3O3. The lowest BCUT2D eigenvalue weighted by Crippen LogP contribution is -2.33. The summed E-state index contributed by atoms with van der Waals surface area (Å²) in [5.41, 5.74) is -0.733. The number of hydrogen-bond acceptors (Lipinski definition) is 4. The Kier molecular flexibility index (Phi) is 5.68. The number of carbonyl (C=O) groups is 2. The predicted octanol–water partition coefficient (Wildman–Crippen LogP) is 2.95. The standard InChI is InChI=1S/C15H13ClF3N3O3/c1-8-4-10(22-25-8)6-13(23)20-7-14(24)21-9-2-3-12(16)11(5-9)15(17,18)19/h2-5H,6-7H2,1H3,(H,20,23)(H,21,24). The van der Waals surface area contributed by atoms with Crippen LogP contribution < -0.4 is 10.6 Å². The molecule has 2 aromatic rings. The summed E-state index contributed by atoms with van der Waals surface area (Å²) < 4.78 is 43.1. The summed E-state index contributed by atoms with van der Waals surface area (Å²) in [5.74, 6) is -0.612. The van der Waals surface area contributed by atoms with Crippen molar-refractivity contribution in [2.24, 2.45) is 0 Å². The van der Waals surface area contributed by atoms with Crippen LogP contribution in [0.2, 0.25) is 5.02 Å². The minimum atomic E-state index is -4.64. The molecule has 2 N–H and O–H groups in total. The minimum absolute atomic E-state index is 0.0796.